The zero-order valence-corrected chi connectivity index (χ0v) is 18.8. The van der Waals surface area contributed by atoms with E-state index in [1.165, 1.54) is 42.4 Å². The summed E-state index contributed by atoms with van der Waals surface area (Å²) in [7, 11) is 0. The number of ether oxygens (including phenoxy) is 2. The van der Waals surface area contributed by atoms with Crippen molar-refractivity contribution >= 4 is 0 Å². The Morgan fingerprint density at radius 1 is 0.848 bits per heavy atom. The van der Waals surface area contributed by atoms with E-state index in [0.29, 0.717) is 12.0 Å². The quantitative estimate of drug-likeness (QED) is 0.513. The van der Waals surface area contributed by atoms with Crippen molar-refractivity contribution in [3.05, 3.63) is 64.7 Å². The van der Waals surface area contributed by atoms with Crippen LogP contribution in [0.1, 0.15) is 72.8 Å². The molecule has 33 heavy (non-hydrogen) atoms. The Kier molecular flexibility index (Phi) is 6.72. The fourth-order valence-corrected chi connectivity index (χ4v) is 5.23. The molecular formula is C27H34O6. The van der Waals surface area contributed by atoms with Gasteiger partial charge in [0, 0.05) is 0 Å². The van der Waals surface area contributed by atoms with E-state index in [1.807, 2.05) is 24.3 Å². The normalized spacial score (nSPS) is 30.5. The Hall–Kier alpha value is -1.96. The lowest BCUT2D eigenvalue weighted by Crippen LogP contribution is -2.55. The maximum absolute atomic E-state index is 10.6. The lowest BCUT2D eigenvalue weighted by atomic mass is 9.88. The molecule has 5 rings (SSSR count). The molecule has 178 valence electrons. The van der Waals surface area contributed by atoms with Gasteiger partial charge in [-0.2, -0.15) is 0 Å². The van der Waals surface area contributed by atoms with Crippen LogP contribution in [0.5, 0.6) is 5.75 Å². The van der Waals surface area contributed by atoms with Crippen LogP contribution < -0.4 is 4.74 Å². The molecule has 5 atom stereocenters. The van der Waals surface area contributed by atoms with Crippen LogP contribution in [0, 0.1) is 0 Å². The molecule has 1 aliphatic heterocycles. The van der Waals surface area contributed by atoms with Gasteiger partial charge in [0.2, 0.25) is 0 Å². The van der Waals surface area contributed by atoms with E-state index in [2.05, 4.69) is 18.2 Å². The molecule has 2 aromatic rings. The van der Waals surface area contributed by atoms with Crippen LogP contribution >= 0.6 is 0 Å². The average molecular weight is 455 g/mol. The maximum atomic E-state index is 10.6. The van der Waals surface area contributed by atoms with Gasteiger partial charge in [-0.15, -0.1) is 0 Å². The molecule has 4 N–H and O–H groups in total. The molecular weight excluding hydrogens is 420 g/mol. The average Bonchev–Trinajstić information content (AvgIpc) is 3.55. The lowest BCUT2D eigenvalue weighted by Gasteiger charge is -2.40. The van der Waals surface area contributed by atoms with Crippen molar-refractivity contribution in [2.45, 2.75) is 87.5 Å². The van der Waals surface area contributed by atoms with E-state index < -0.39 is 37.1 Å². The summed E-state index contributed by atoms with van der Waals surface area (Å²) < 4.78 is 11.9. The predicted molar refractivity (Wildman–Crippen MR) is 123 cm³/mol. The Morgan fingerprint density at radius 3 is 2.24 bits per heavy atom. The maximum Gasteiger partial charge on any atom is 0.119 e. The van der Waals surface area contributed by atoms with Crippen molar-refractivity contribution in [3.8, 4) is 5.75 Å². The lowest BCUT2D eigenvalue weighted by molar-refractivity contribution is -0.231. The molecule has 0 aromatic heterocycles. The highest BCUT2D eigenvalue weighted by molar-refractivity contribution is 5.42. The molecule has 0 radical (unpaired) electrons. The van der Waals surface area contributed by atoms with Gasteiger partial charge in [0.1, 0.15) is 36.3 Å². The topological polar surface area (TPSA) is 99.4 Å². The molecule has 0 amide bonds. The monoisotopic (exact) mass is 454 g/mol. The van der Waals surface area contributed by atoms with Crippen molar-refractivity contribution < 1.29 is 29.9 Å². The van der Waals surface area contributed by atoms with Crippen molar-refractivity contribution in [1.29, 1.82) is 0 Å². The first-order chi connectivity index (χ1) is 16.0. The number of aliphatic hydroxyl groups is 4. The van der Waals surface area contributed by atoms with Crippen molar-refractivity contribution in [1.82, 2.24) is 0 Å². The van der Waals surface area contributed by atoms with Gasteiger partial charge in [0.05, 0.1) is 12.7 Å². The highest BCUT2D eigenvalue weighted by Crippen LogP contribution is 2.43. The third-order valence-corrected chi connectivity index (χ3v) is 7.33. The Bertz CT molecular complexity index is 932. The molecule has 3 aliphatic rings. The summed E-state index contributed by atoms with van der Waals surface area (Å²) in [5, 5.41) is 40.4. The number of benzene rings is 2. The molecule has 6 heteroatoms. The molecule has 1 saturated heterocycles. The van der Waals surface area contributed by atoms with Crippen LogP contribution in [0.25, 0.3) is 0 Å². The van der Waals surface area contributed by atoms with Gasteiger partial charge in [0.25, 0.3) is 0 Å². The standard InChI is InChI=1S/C27H34O6/c28-15-23-24(29)25(30)26(31)27(33-23)18-9-12-22(17-7-8-17)19(14-18)13-16-5-10-21(11-6-16)32-20-3-1-2-4-20/h5-6,9-12,14,17,20,23-31H,1-4,7-8,13,15H2/t23-,24-,25+,26-,27+/m1/s1. The van der Waals surface area contributed by atoms with Crippen LogP contribution in [0.3, 0.4) is 0 Å². The first-order valence-corrected chi connectivity index (χ1v) is 12.2. The van der Waals surface area contributed by atoms with Crippen LogP contribution in [0.2, 0.25) is 0 Å². The van der Waals surface area contributed by atoms with E-state index in [4.69, 9.17) is 9.47 Å². The highest BCUT2D eigenvalue weighted by atomic mass is 16.5. The summed E-state index contributed by atoms with van der Waals surface area (Å²) in [5.74, 6) is 1.48. The Labute approximate surface area is 194 Å². The number of hydrogen-bond donors (Lipinski definition) is 4. The van der Waals surface area contributed by atoms with Gasteiger partial charge < -0.3 is 29.9 Å². The van der Waals surface area contributed by atoms with Crippen LogP contribution in [-0.2, 0) is 11.2 Å². The van der Waals surface area contributed by atoms with Gasteiger partial charge in [0.15, 0.2) is 0 Å². The molecule has 2 aliphatic carbocycles. The van der Waals surface area contributed by atoms with Crippen molar-refractivity contribution in [2.24, 2.45) is 0 Å². The van der Waals surface area contributed by atoms with Gasteiger partial charge in [-0.05, 0) is 85.3 Å². The van der Waals surface area contributed by atoms with E-state index in [0.717, 1.165) is 30.6 Å². The van der Waals surface area contributed by atoms with Crippen LogP contribution in [-0.4, -0.2) is 57.6 Å². The summed E-state index contributed by atoms with van der Waals surface area (Å²) in [6.45, 7) is -0.427. The summed E-state index contributed by atoms with van der Waals surface area (Å²) in [5.41, 5.74) is 4.42. The van der Waals surface area contributed by atoms with E-state index in [-0.39, 0.29) is 0 Å². The van der Waals surface area contributed by atoms with Crippen LogP contribution in [0.15, 0.2) is 42.5 Å². The molecule has 0 unspecified atom stereocenters. The first-order valence-electron chi connectivity index (χ1n) is 12.2. The smallest absolute Gasteiger partial charge is 0.119 e. The minimum absolute atomic E-state index is 0.340. The van der Waals surface area contributed by atoms with Crippen molar-refractivity contribution in [2.75, 3.05) is 6.61 Å². The first kappa shape index (κ1) is 22.8. The summed E-state index contributed by atoms with van der Waals surface area (Å²) >= 11 is 0. The minimum Gasteiger partial charge on any atom is -0.490 e. The fraction of sp³-hybridized carbons (Fsp3) is 0.556. The van der Waals surface area contributed by atoms with E-state index in [1.54, 1.807) is 0 Å². The van der Waals surface area contributed by atoms with E-state index in [9.17, 15) is 20.4 Å². The van der Waals surface area contributed by atoms with Gasteiger partial charge in [-0.1, -0.05) is 30.3 Å². The summed E-state index contributed by atoms with van der Waals surface area (Å²) in [6, 6.07) is 14.4. The minimum atomic E-state index is -1.38. The van der Waals surface area contributed by atoms with E-state index >= 15 is 0 Å². The Balaban J connectivity index is 1.36. The highest BCUT2D eigenvalue weighted by Gasteiger charge is 2.44. The fourth-order valence-electron chi connectivity index (χ4n) is 5.23. The number of rotatable bonds is 7. The zero-order valence-electron chi connectivity index (χ0n) is 18.8. The van der Waals surface area contributed by atoms with Gasteiger partial charge in [-0.3, -0.25) is 0 Å². The molecule has 1 heterocycles. The third-order valence-electron chi connectivity index (χ3n) is 7.33. The zero-order chi connectivity index (χ0) is 22.9. The summed E-state index contributed by atoms with van der Waals surface area (Å²) in [6.07, 6.45) is 2.51. The molecule has 2 saturated carbocycles. The molecule has 0 spiro atoms. The van der Waals surface area contributed by atoms with Gasteiger partial charge in [-0.25, -0.2) is 0 Å². The molecule has 6 nitrogen and oxygen atoms in total. The predicted octanol–water partition coefficient (Wildman–Crippen LogP) is 2.99. The van der Waals surface area contributed by atoms with Gasteiger partial charge >= 0.3 is 0 Å². The molecule has 2 aromatic carbocycles. The second kappa shape index (κ2) is 9.72. The number of hydrogen-bond acceptors (Lipinski definition) is 6. The SMILES string of the molecule is OC[C@H]1O[C@@H](c2ccc(C3CC3)c(Cc3ccc(OC4CCCC4)cc3)c2)[C@H](O)[C@@H](O)[C@@H]1O. The van der Waals surface area contributed by atoms with Crippen LogP contribution in [0.4, 0.5) is 0 Å². The van der Waals surface area contributed by atoms with Crippen molar-refractivity contribution in [3.63, 3.8) is 0 Å². The third kappa shape index (κ3) is 4.96. The molecule has 3 fully saturated rings. The number of aliphatic hydroxyl groups excluding tert-OH is 4. The second-order valence-electron chi connectivity index (χ2n) is 9.83. The molecule has 0 bridgehead atoms. The largest absolute Gasteiger partial charge is 0.490 e. The summed E-state index contributed by atoms with van der Waals surface area (Å²) in [4.78, 5) is 0. The second-order valence-corrected chi connectivity index (χ2v) is 9.83. The Morgan fingerprint density at radius 2 is 1.58 bits per heavy atom.